The van der Waals surface area contributed by atoms with Gasteiger partial charge in [-0.05, 0) is 37.1 Å². The number of nitrogens with one attached hydrogen (secondary N) is 2. The molecule has 0 bridgehead atoms. The summed E-state index contributed by atoms with van der Waals surface area (Å²) in [6, 6.07) is 14.6. The highest BCUT2D eigenvalue weighted by atomic mass is 19.1. The number of halogens is 1. The van der Waals surface area contributed by atoms with Crippen molar-refractivity contribution >= 4 is 5.96 Å². The summed E-state index contributed by atoms with van der Waals surface area (Å²) < 4.78 is 25.0. The summed E-state index contributed by atoms with van der Waals surface area (Å²) in [5.74, 6) is 1.94. The zero-order valence-corrected chi connectivity index (χ0v) is 15.7. The average Bonchev–Trinajstić information content (AvgIpc) is 2.70. The van der Waals surface area contributed by atoms with Gasteiger partial charge >= 0.3 is 0 Å². The molecule has 6 heteroatoms. The maximum absolute atomic E-state index is 13.7. The van der Waals surface area contributed by atoms with Gasteiger partial charge in [0.25, 0.3) is 0 Å². The van der Waals surface area contributed by atoms with E-state index in [1.54, 1.807) is 25.2 Å². The molecule has 0 amide bonds. The third-order valence-electron chi connectivity index (χ3n) is 4.54. The highest BCUT2D eigenvalue weighted by Gasteiger charge is 2.21. The van der Waals surface area contributed by atoms with Crippen molar-refractivity contribution < 1.29 is 13.9 Å². The smallest absolute Gasteiger partial charge is 0.191 e. The molecule has 2 aromatic carbocycles. The number of ether oxygens (including phenoxy) is 2. The molecule has 1 heterocycles. The predicted molar refractivity (Wildman–Crippen MR) is 105 cm³/mol. The van der Waals surface area contributed by atoms with Crippen molar-refractivity contribution in [2.75, 3.05) is 26.7 Å². The normalized spacial score (nSPS) is 17.4. The van der Waals surface area contributed by atoms with E-state index in [0.717, 1.165) is 25.3 Å². The molecule has 1 aliphatic heterocycles. The molecule has 27 heavy (non-hydrogen) atoms. The summed E-state index contributed by atoms with van der Waals surface area (Å²) in [7, 11) is 1.73. The second kappa shape index (κ2) is 9.26. The van der Waals surface area contributed by atoms with Crippen LogP contribution in [0.25, 0.3) is 0 Å². The number of rotatable bonds is 6. The summed E-state index contributed by atoms with van der Waals surface area (Å²) in [5, 5.41) is 6.60. The number of para-hydroxylation sites is 2. The molecular weight excluding hydrogens is 345 g/mol. The van der Waals surface area contributed by atoms with Gasteiger partial charge in [0.1, 0.15) is 11.9 Å². The van der Waals surface area contributed by atoms with Crippen LogP contribution in [0.1, 0.15) is 24.8 Å². The minimum absolute atomic E-state index is 0.204. The molecule has 2 unspecified atom stereocenters. The van der Waals surface area contributed by atoms with Crippen LogP contribution < -0.4 is 20.1 Å². The van der Waals surface area contributed by atoms with Gasteiger partial charge in [-0.3, -0.25) is 4.99 Å². The first kappa shape index (κ1) is 19.0. The van der Waals surface area contributed by atoms with Gasteiger partial charge in [0, 0.05) is 19.5 Å². The lowest BCUT2D eigenvalue weighted by Crippen LogP contribution is -2.43. The van der Waals surface area contributed by atoms with Crippen molar-refractivity contribution in [2.45, 2.75) is 25.4 Å². The van der Waals surface area contributed by atoms with E-state index in [2.05, 4.69) is 21.7 Å². The second-order valence-electron chi connectivity index (χ2n) is 6.56. The zero-order chi connectivity index (χ0) is 19.1. The molecule has 2 aromatic rings. The summed E-state index contributed by atoms with van der Waals surface area (Å²) in [6.45, 7) is 3.89. The summed E-state index contributed by atoms with van der Waals surface area (Å²) >= 11 is 0. The number of benzene rings is 2. The summed E-state index contributed by atoms with van der Waals surface area (Å²) in [5.41, 5.74) is 1.22. The molecule has 5 nitrogen and oxygen atoms in total. The van der Waals surface area contributed by atoms with Crippen LogP contribution in [0.2, 0.25) is 0 Å². The van der Waals surface area contributed by atoms with Gasteiger partial charge < -0.3 is 20.1 Å². The SMILES string of the molecule is CN=C(NCC(C)Oc1ccccc1F)NCC1CCOc2ccccc21. The van der Waals surface area contributed by atoms with Crippen LogP contribution in [-0.2, 0) is 0 Å². The van der Waals surface area contributed by atoms with Crippen LogP contribution in [0, 0.1) is 5.82 Å². The molecule has 0 aromatic heterocycles. The Hall–Kier alpha value is -2.76. The first-order valence-electron chi connectivity index (χ1n) is 9.25. The number of hydrogen-bond donors (Lipinski definition) is 2. The largest absolute Gasteiger partial charge is 0.493 e. The van der Waals surface area contributed by atoms with Crippen LogP contribution in [0.3, 0.4) is 0 Å². The van der Waals surface area contributed by atoms with Gasteiger partial charge in [0.15, 0.2) is 17.5 Å². The van der Waals surface area contributed by atoms with Crippen LogP contribution >= 0.6 is 0 Å². The van der Waals surface area contributed by atoms with Gasteiger partial charge in [-0.1, -0.05) is 30.3 Å². The fourth-order valence-corrected chi connectivity index (χ4v) is 3.11. The Morgan fingerprint density at radius 2 is 2.00 bits per heavy atom. The van der Waals surface area contributed by atoms with Crippen molar-refractivity contribution in [2.24, 2.45) is 4.99 Å². The number of aliphatic imine (C=N–C) groups is 1. The molecule has 0 saturated heterocycles. The fourth-order valence-electron chi connectivity index (χ4n) is 3.11. The van der Waals surface area contributed by atoms with Crippen molar-refractivity contribution in [3.63, 3.8) is 0 Å². The van der Waals surface area contributed by atoms with Crippen molar-refractivity contribution in [3.05, 3.63) is 59.9 Å². The molecule has 2 N–H and O–H groups in total. The van der Waals surface area contributed by atoms with Gasteiger partial charge in [-0.25, -0.2) is 4.39 Å². The van der Waals surface area contributed by atoms with Gasteiger partial charge in [-0.15, -0.1) is 0 Å². The van der Waals surface area contributed by atoms with E-state index >= 15 is 0 Å². The third kappa shape index (κ3) is 5.12. The van der Waals surface area contributed by atoms with Crippen molar-refractivity contribution in [1.82, 2.24) is 10.6 Å². The van der Waals surface area contributed by atoms with Crippen molar-refractivity contribution in [1.29, 1.82) is 0 Å². The number of hydrogen-bond acceptors (Lipinski definition) is 3. The molecule has 0 saturated carbocycles. The van der Waals surface area contributed by atoms with Crippen LogP contribution in [0.4, 0.5) is 4.39 Å². The van der Waals surface area contributed by atoms with E-state index in [0.29, 0.717) is 18.4 Å². The molecule has 144 valence electrons. The highest BCUT2D eigenvalue weighted by molar-refractivity contribution is 5.79. The van der Waals surface area contributed by atoms with Gasteiger partial charge in [-0.2, -0.15) is 0 Å². The Labute approximate surface area is 159 Å². The van der Waals surface area contributed by atoms with E-state index in [4.69, 9.17) is 9.47 Å². The quantitative estimate of drug-likeness (QED) is 0.604. The number of fused-ring (bicyclic) bond motifs is 1. The summed E-state index contributed by atoms with van der Waals surface area (Å²) in [6.07, 6.45) is 0.762. The zero-order valence-electron chi connectivity index (χ0n) is 15.7. The Balaban J connectivity index is 1.48. The average molecular weight is 371 g/mol. The Morgan fingerprint density at radius 1 is 1.22 bits per heavy atom. The Bertz CT molecular complexity index is 782. The van der Waals surface area contributed by atoms with Crippen LogP contribution in [0.15, 0.2) is 53.5 Å². The van der Waals surface area contributed by atoms with E-state index in [1.165, 1.54) is 11.6 Å². The molecular formula is C21H26FN3O2. The molecule has 0 fully saturated rings. The first-order valence-corrected chi connectivity index (χ1v) is 9.25. The standard InChI is InChI=1S/C21H26FN3O2/c1-15(27-20-10-6-4-8-18(20)22)13-24-21(23-2)25-14-16-11-12-26-19-9-5-3-7-17(16)19/h3-10,15-16H,11-14H2,1-2H3,(H2,23,24,25). The molecule has 0 radical (unpaired) electrons. The third-order valence-corrected chi connectivity index (χ3v) is 4.54. The Morgan fingerprint density at radius 3 is 2.81 bits per heavy atom. The fraction of sp³-hybridized carbons (Fsp3) is 0.381. The lowest BCUT2D eigenvalue weighted by molar-refractivity contribution is 0.214. The topological polar surface area (TPSA) is 54.9 Å². The van der Waals surface area contributed by atoms with E-state index in [-0.39, 0.29) is 17.7 Å². The van der Waals surface area contributed by atoms with E-state index < -0.39 is 0 Å². The maximum Gasteiger partial charge on any atom is 0.191 e. The maximum atomic E-state index is 13.7. The molecule has 2 atom stereocenters. The molecule has 3 rings (SSSR count). The van der Waals surface area contributed by atoms with Crippen molar-refractivity contribution in [3.8, 4) is 11.5 Å². The Kier molecular flexibility index (Phi) is 6.52. The molecule has 0 aliphatic carbocycles. The number of nitrogens with zero attached hydrogens (tertiary/aromatic N) is 1. The first-order chi connectivity index (χ1) is 13.2. The predicted octanol–water partition coefficient (Wildman–Crippen LogP) is 3.32. The number of guanidine groups is 1. The lowest BCUT2D eigenvalue weighted by atomic mass is 9.93. The minimum atomic E-state index is -0.356. The lowest BCUT2D eigenvalue weighted by Gasteiger charge is -2.27. The van der Waals surface area contributed by atoms with Gasteiger partial charge in [0.05, 0.1) is 13.2 Å². The van der Waals surface area contributed by atoms with Gasteiger partial charge in [0.2, 0.25) is 0 Å². The van der Waals surface area contributed by atoms with E-state index in [1.807, 2.05) is 25.1 Å². The molecule has 0 spiro atoms. The minimum Gasteiger partial charge on any atom is -0.493 e. The van der Waals surface area contributed by atoms with Crippen LogP contribution in [-0.4, -0.2) is 38.8 Å². The second-order valence-corrected chi connectivity index (χ2v) is 6.56. The van der Waals surface area contributed by atoms with E-state index in [9.17, 15) is 4.39 Å². The molecule has 1 aliphatic rings. The monoisotopic (exact) mass is 371 g/mol. The highest BCUT2D eigenvalue weighted by Crippen LogP contribution is 2.32. The van der Waals surface area contributed by atoms with Crippen LogP contribution in [0.5, 0.6) is 11.5 Å². The summed E-state index contributed by atoms with van der Waals surface area (Å²) in [4.78, 5) is 4.26.